The lowest BCUT2D eigenvalue weighted by atomic mass is 9.64. The molecule has 3 atom stereocenters. The van der Waals surface area contributed by atoms with Crippen LogP contribution in [0.25, 0.3) is 0 Å². The number of nitrogens with zero attached hydrogens (tertiary/aromatic N) is 2. The highest BCUT2D eigenvalue weighted by Gasteiger charge is 2.55. The van der Waals surface area contributed by atoms with E-state index in [2.05, 4.69) is 56.2 Å². The van der Waals surface area contributed by atoms with Crippen molar-refractivity contribution in [1.29, 1.82) is 5.26 Å². The molecule has 2 unspecified atom stereocenters. The molecule has 4 rings (SSSR count). The van der Waals surface area contributed by atoms with Crippen molar-refractivity contribution in [2.45, 2.75) is 83.3 Å². The van der Waals surface area contributed by atoms with Gasteiger partial charge in [0.15, 0.2) is 0 Å². The van der Waals surface area contributed by atoms with Crippen LogP contribution in [-0.2, 0) is 10.2 Å². The lowest BCUT2D eigenvalue weighted by Gasteiger charge is -2.37. The van der Waals surface area contributed by atoms with Gasteiger partial charge in [-0.3, -0.25) is 4.79 Å². The third kappa shape index (κ3) is 7.33. The molecule has 2 N–H and O–H groups in total. The van der Waals surface area contributed by atoms with Crippen molar-refractivity contribution in [3.8, 4) is 6.07 Å². The smallest absolute Gasteiger partial charge is 0.207 e. The standard InChI is InChI=1S/C22H22Cl2F2N2.C9H18N2O/c1-21(2,3)10-19-22(12-27,15-8-7-13(23)9-18(15)25)16(11-28-19)14-5-4-6-17(24)20(14)26;1-8(2)11-5-3-9(4-6-11)10-7-12/h4-9,16,19,28H,10-11H2,1-3H3;7-9H,3-6H2,1-2H3,(H,10,12)/t16?,19?,22-;/m1./s1. The summed E-state index contributed by atoms with van der Waals surface area (Å²) in [4.78, 5) is 12.6. The first-order valence-corrected chi connectivity index (χ1v) is 14.6. The molecule has 2 saturated heterocycles. The number of carbonyl (C=O) groups excluding carboxylic acids is 1. The van der Waals surface area contributed by atoms with Crippen molar-refractivity contribution < 1.29 is 13.6 Å². The number of amides is 1. The molecule has 0 saturated carbocycles. The van der Waals surface area contributed by atoms with Crippen molar-refractivity contribution in [2.24, 2.45) is 5.41 Å². The van der Waals surface area contributed by atoms with E-state index in [1.54, 1.807) is 24.3 Å². The molecule has 0 aromatic heterocycles. The Morgan fingerprint density at radius 1 is 1.20 bits per heavy atom. The van der Waals surface area contributed by atoms with Gasteiger partial charge in [0.25, 0.3) is 0 Å². The van der Waals surface area contributed by atoms with Crippen LogP contribution in [0.2, 0.25) is 10.0 Å². The molecule has 1 amide bonds. The van der Waals surface area contributed by atoms with Crippen molar-refractivity contribution in [3.63, 3.8) is 0 Å². The second-order valence-corrected chi connectivity index (χ2v) is 13.1. The number of hydrogen-bond acceptors (Lipinski definition) is 4. The minimum Gasteiger partial charge on any atom is -0.356 e. The van der Waals surface area contributed by atoms with Gasteiger partial charge in [-0.2, -0.15) is 5.26 Å². The van der Waals surface area contributed by atoms with Gasteiger partial charge in [-0.05, 0) is 62.3 Å². The summed E-state index contributed by atoms with van der Waals surface area (Å²) in [6.07, 6.45) is 3.62. The number of hydrogen-bond donors (Lipinski definition) is 2. The molecule has 2 aromatic rings. The number of halogens is 4. The van der Waals surface area contributed by atoms with Crippen LogP contribution >= 0.6 is 23.2 Å². The van der Waals surface area contributed by atoms with E-state index in [-0.39, 0.29) is 27.1 Å². The minimum atomic E-state index is -1.30. The molecule has 9 heteroatoms. The lowest BCUT2D eigenvalue weighted by Crippen LogP contribution is -2.44. The molecule has 218 valence electrons. The van der Waals surface area contributed by atoms with Gasteiger partial charge in [0, 0.05) is 54.3 Å². The maximum Gasteiger partial charge on any atom is 0.207 e. The van der Waals surface area contributed by atoms with Gasteiger partial charge in [0.1, 0.15) is 17.0 Å². The summed E-state index contributed by atoms with van der Waals surface area (Å²) in [5.74, 6) is -1.73. The van der Waals surface area contributed by atoms with Crippen LogP contribution in [0.5, 0.6) is 0 Å². The zero-order valence-corrected chi connectivity index (χ0v) is 25.4. The Morgan fingerprint density at radius 3 is 2.42 bits per heavy atom. The first-order valence-electron chi connectivity index (χ1n) is 13.8. The Bertz CT molecular complexity index is 1200. The van der Waals surface area contributed by atoms with Gasteiger partial charge in [0.2, 0.25) is 6.41 Å². The summed E-state index contributed by atoms with van der Waals surface area (Å²) in [6, 6.07) is 12.1. The zero-order valence-electron chi connectivity index (χ0n) is 23.9. The van der Waals surface area contributed by atoms with Gasteiger partial charge in [-0.15, -0.1) is 0 Å². The van der Waals surface area contributed by atoms with Crippen molar-refractivity contribution in [2.75, 3.05) is 19.6 Å². The van der Waals surface area contributed by atoms with E-state index in [9.17, 15) is 14.4 Å². The molecule has 0 aliphatic carbocycles. The van der Waals surface area contributed by atoms with E-state index in [0.717, 1.165) is 32.3 Å². The monoisotopic (exact) mass is 592 g/mol. The number of likely N-dealkylation sites (tertiary alicyclic amines) is 1. The molecular formula is C31H40Cl2F2N4O. The topological polar surface area (TPSA) is 68.2 Å². The molecule has 2 aromatic carbocycles. The second-order valence-electron chi connectivity index (χ2n) is 12.2. The highest BCUT2D eigenvalue weighted by molar-refractivity contribution is 6.31. The maximum atomic E-state index is 15.0. The lowest BCUT2D eigenvalue weighted by molar-refractivity contribution is -0.110. The van der Waals surface area contributed by atoms with Gasteiger partial charge in [-0.25, -0.2) is 8.78 Å². The zero-order chi connectivity index (χ0) is 29.7. The quantitative estimate of drug-likeness (QED) is 0.361. The average Bonchev–Trinajstić information content (AvgIpc) is 3.23. The summed E-state index contributed by atoms with van der Waals surface area (Å²) in [7, 11) is 0. The number of piperidine rings is 1. The molecule has 2 aliphatic heterocycles. The predicted octanol–water partition coefficient (Wildman–Crippen LogP) is 6.83. The Labute approximate surface area is 247 Å². The Morgan fingerprint density at radius 2 is 1.88 bits per heavy atom. The Hall–Kier alpha value is -2.24. The van der Waals surface area contributed by atoms with Crippen LogP contribution in [0.3, 0.4) is 0 Å². The van der Waals surface area contributed by atoms with Gasteiger partial charge >= 0.3 is 0 Å². The first-order chi connectivity index (χ1) is 18.8. The van der Waals surface area contributed by atoms with Crippen LogP contribution < -0.4 is 10.6 Å². The fourth-order valence-corrected chi connectivity index (χ4v) is 6.25. The second kappa shape index (κ2) is 13.6. The largest absolute Gasteiger partial charge is 0.356 e. The molecule has 5 nitrogen and oxygen atoms in total. The highest BCUT2D eigenvalue weighted by Crippen LogP contribution is 2.50. The molecule has 0 spiro atoms. The molecule has 2 heterocycles. The van der Waals surface area contributed by atoms with Crippen LogP contribution in [0, 0.1) is 28.4 Å². The Kier molecular flexibility index (Phi) is 11.0. The number of benzene rings is 2. The normalized spacial score (nSPS) is 23.8. The van der Waals surface area contributed by atoms with Crippen LogP contribution in [0.15, 0.2) is 36.4 Å². The molecule has 40 heavy (non-hydrogen) atoms. The van der Waals surface area contributed by atoms with E-state index in [0.29, 0.717) is 30.6 Å². The van der Waals surface area contributed by atoms with Crippen LogP contribution in [0.4, 0.5) is 8.78 Å². The summed E-state index contributed by atoms with van der Waals surface area (Å²) in [6.45, 7) is 13.2. The third-order valence-corrected chi connectivity index (χ3v) is 8.49. The van der Waals surface area contributed by atoms with Crippen molar-refractivity contribution >= 4 is 29.6 Å². The van der Waals surface area contributed by atoms with E-state index in [4.69, 9.17) is 23.2 Å². The Balaban J connectivity index is 0.000000307. The van der Waals surface area contributed by atoms with Gasteiger partial charge < -0.3 is 15.5 Å². The SMILES string of the molecule is CC(C)(C)CC1NCC(c2cccc(Cl)c2F)[C@@]1(C#N)c1ccc(Cl)cc1F.CC(C)N1CCC(NC=O)CC1. The first kappa shape index (κ1) is 32.3. The van der Waals surface area contributed by atoms with Crippen LogP contribution in [0.1, 0.15) is 70.9 Å². The maximum absolute atomic E-state index is 15.0. The number of carbonyl (C=O) groups is 1. The molecule has 0 bridgehead atoms. The summed E-state index contributed by atoms with van der Waals surface area (Å²) >= 11 is 11.9. The number of nitriles is 1. The minimum absolute atomic E-state index is 0.0137. The van der Waals surface area contributed by atoms with E-state index < -0.39 is 23.0 Å². The van der Waals surface area contributed by atoms with Crippen LogP contribution in [-0.4, -0.2) is 49.1 Å². The predicted molar refractivity (Wildman–Crippen MR) is 158 cm³/mol. The fraction of sp³-hybridized carbons (Fsp3) is 0.548. The average molecular weight is 594 g/mol. The fourth-order valence-electron chi connectivity index (χ4n) is 5.91. The van der Waals surface area contributed by atoms with Crippen molar-refractivity contribution in [3.05, 3.63) is 69.2 Å². The summed E-state index contributed by atoms with van der Waals surface area (Å²) < 4.78 is 29.9. The van der Waals surface area contributed by atoms with Gasteiger partial charge in [-0.1, -0.05) is 62.2 Å². The van der Waals surface area contributed by atoms with Gasteiger partial charge in [0.05, 0.1) is 11.1 Å². The molecular weight excluding hydrogens is 553 g/mol. The van der Waals surface area contributed by atoms with E-state index in [1.165, 1.54) is 12.1 Å². The number of rotatable bonds is 6. The molecule has 0 radical (unpaired) electrons. The van der Waals surface area contributed by atoms with Crippen molar-refractivity contribution in [1.82, 2.24) is 15.5 Å². The third-order valence-electron chi connectivity index (χ3n) is 7.97. The molecule has 2 fully saturated rings. The van der Waals surface area contributed by atoms with E-state index >= 15 is 4.39 Å². The number of nitrogens with one attached hydrogen (secondary N) is 2. The summed E-state index contributed by atoms with van der Waals surface area (Å²) in [5.41, 5.74) is -0.881. The summed E-state index contributed by atoms with van der Waals surface area (Å²) in [5, 5.41) is 16.8. The highest BCUT2D eigenvalue weighted by atomic mass is 35.5. The molecule has 2 aliphatic rings. The van der Waals surface area contributed by atoms with E-state index in [1.807, 2.05) is 0 Å².